The van der Waals surface area contributed by atoms with Crippen LogP contribution in [0.1, 0.15) is 55.5 Å². The highest BCUT2D eigenvalue weighted by Crippen LogP contribution is 2.45. The van der Waals surface area contributed by atoms with E-state index in [0.29, 0.717) is 23.9 Å². The molecule has 1 unspecified atom stereocenters. The summed E-state index contributed by atoms with van der Waals surface area (Å²) in [5.74, 6) is 0.797. The van der Waals surface area contributed by atoms with E-state index in [0.717, 1.165) is 37.0 Å². The molecule has 2 aromatic carbocycles. The lowest BCUT2D eigenvalue weighted by molar-refractivity contribution is 0.0697. The van der Waals surface area contributed by atoms with Gasteiger partial charge in [-0.3, -0.25) is 0 Å². The quantitative estimate of drug-likeness (QED) is 0.482. The second kappa shape index (κ2) is 8.76. The summed E-state index contributed by atoms with van der Waals surface area (Å²) < 4.78 is 11.4. The average molecular weight is 418 g/mol. The first-order valence-electron chi connectivity index (χ1n) is 10.7. The van der Waals surface area contributed by atoms with Crippen molar-refractivity contribution in [3.63, 3.8) is 0 Å². The number of carboxylic acid groups (broad SMARTS) is 1. The maximum absolute atomic E-state index is 11.1. The van der Waals surface area contributed by atoms with Gasteiger partial charge in [-0.15, -0.1) is 0 Å². The van der Waals surface area contributed by atoms with Crippen LogP contribution in [0.15, 0.2) is 59.1 Å². The van der Waals surface area contributed by atoms with Crippen molar-refractivity contribution in [1.29, 1.82) is 0 Å². The fraction of sp³-hybridized carbons (Fsp3) is 0.320. The van der Waals surface area contributed by atoms with Crippen LogP contribution in [0.4, 0.5) is 0 Å². The molecule has 1 atom stereocenters. The number of carbonyl (C=O) groups is 1. The summed E-state index contributed by atoms with van der Waals surface area (Å²) >= 11 is 0. The van der Waals surface area contributed by atoms with Crippen LogP contribution in [0.3, 0.4) is 0 Å². The van der Waals surface area contributed by atoms with Crippen molar-refractivity contribution < 1.29 is 19.2 Å². The number of hydrogen-bond donors (Lipinski definition) is 1. The third-order valence-electron chi connectivity index (χ3n) is 6.06. The highest BCUT2D eigenvalue weighted by atomic mass is 16.5. The van der Waals surface area contributed by atoms with Crippen molar-refractivity contribution in [3.8, 4) is 28.6 Å². The van der Waals surface area contributed by atoms with Crippen LogP contribution in [-0.4, -0.2) is 27.8 Å². The number of hydrogen-bond acceptors (Lipinski definition) is 5. The van der Waals surface area contributed by atoms with Gasteiger partial charge in [-0.25, -0.2) is 4.79 Å². The molecule has 3 aromatic rings. The molecule has 1 N–H and O–H groups in total. The van der Waals surface area contributed by atoms with Crippen molar-refractivity contribution in [1.82, 2.24) is 10.1 Å². The minimum absolute atomic E-state index is 0.0362. The Labute approximate surface area is 181 Å². The Morgan fingerprint density at radius 3 is 2.55 bits per heavy atom. The number of carboxylic acids is 1. The highest BCUT2D eigenvalue weighted by Gasteiger charge is 2.33. The van der Waals surface area contributed by atoms with E-state index in [2.05, 4.69) is 35.3 Å². The molecule has 0 spiro atoms. The highest BCUT2D eigenvalue weighted by molar-refractivity contribution is 5.88. The summed E-state index contributed by atoms with van der Waals surface area (Å²) in [5, 5.41) is 13.2. The molecule has 1 aliphatic carbocycles. The minimum atomic E-state index is -0.970. The summed E-state index contributed by atoms with van der Waals surface area (Å²) in [6.07, 6.45) is 8.66. The number of aromatic nitrogens is 2. The molecular formula is C25H26N2O4. The zero-order valence-electron chi connectivity index (χ0n) is 17.8. The smallest absolute Gasteiger partial charge is 0.335 e. The summed E-state index contributed by atoms with van der Waals surface area (Å²) in [5.41, 5.74) is 2.99. The van der Waals surface area contributed by atoms with E-state index in [-0.39, 0.29) is 11.0 Å². The fourth-order valence-electron chi connectivity index (χ4n) is 4.22. The van der Waals surface area contributed by atoms with E-state index < -0.39 is 5.97 Å². The van der Waals surface area contributed by atoms with E-state index in [1.54, 1.807) is 12.1 Å². The van der Waals surface area contributed by atoms with Gasteiger partial charge >= 0.3 is 5.97 Å². The lowest BCUT2D eigenvalue weighted by Crippen LogP contribution is -2.27. The summed E-state index contributed by atoms with van der Waals surface area (Å²) in [4.78, 5) is 15.6. The third kappa shape index (κ3) is 4.10. The van der Waals surface area contributed by atoms with E-state index in [1.807, 2.05) is 19.1 Å². The molecule has 1 heterocycles. The summed E-state index contributed by atoms with van der Waals surface area (Å²) in [6.45, 7) is 4.84. The molecule has 0 fully saturated rings. The Hall–Kier alpha value is -3.41. The minimum Gasteiger partial charge on any atom is -0.494 e. The molecule has 6 nitrogen and oxygen atoms in total. The number of rotatable bonds is 7. The van der Waals surface area contributed by atoms with Gasteiger partial charge in [0.2, 0.25) is 5.82 Å². The maximum atomic E-state index is 11.1. The van der Waals surface area contributed by atoms with Crippen molar-refractivity contribution in [2.45, 2.75) is 44.9 Å². The average Bonchev–Trinajstić information content (AvgIpc) is 3.30. The molecule has 1 aliphatic rings. The Balaban J connectivity index is 1.70. The van der Waals surface area contributed by atoms with Crippen LogP contribution in [0.25, 0.3) is 22.8 Å². The fourth-order valence-corrected chi connectivity index (χ4v) is 4.22. The number of allylic oxidation sites excluding steroid dienone is 2. The third-order valence-corrected chi connectivity index (χ3v) is 6.06. The van der Waals surface area contributed by atoms with E-state index >= 15 is 0 Å². The van der Waals surface area contributed by atoms with Crippen molar-refractivity contribution in [2.75, 3.05) is 6.61 Å². The van der Waals surface area contributed by atoms with Gasteiger partial charge < -0.3 is 14.4 Å². The maximum Gasteiger partial charge on any atom is 0.335 e. The first-order chi connectivity index (χ1) is 15.1. The van der Waals surface area contributed by atoms with Gasteiger partial charge in [0, 0.05) is 22.1 Å². The molecule has 0 radical (unpaired) electrons. The monoisotopic (exact) mass is 418 g/mol. The van der Waals surface area contributed by atoms with Gasteiger partial charge in [-0.2, -0.15) is 4.98 Å². The number of ether oxygens (including phenoxy) is 1. The molecule has 160 valence electrons. The molecule has 0 bridgehead atoms. The van der Waals surface area contributed by atoms with Gasteiger partial charge in [-0.05, 0) is 75.1 Å². The first kappa shape index (κ1) is 20.8. The molecular weight excluding hydrogens is 392 g/mol. The number of aromatic carboxylic acids is 1. The second-order valence-corrected chi connectivity index (χ2v) is 7.80. The predicted molar refractivity (Wildman–Crippen MR) is 118 cm³/mol. The second-order valence-electron chi connectivity index (χ2n) is 7.80. The standard InChI is InChI=1S/C25H26N2O4/c1-3-25(14-6-5-7-15-25)20-16-19(12-13-21(20)30-4-2)22-26-23(31-27-22)17-8-10-18(11-9-17)24(28)29/h5-6,8-13,16H,3-4,7,14-15H2,1-2H3,(H,28,29). The van der Waals surface area contributed by atoms with E-state index in [4.69, 9.17) is 14.4 Å². The Morgan fingerprint density at radius 1 is 1.13 bits per heavy atom. The van der Waals surface area contributed by atoms with Crippen LogP contribution in [0, 0.1) is 0 Å². The molecule has 4 rings (SSSR count). The van der Waals surface area contributed by atoms with Gasteiger partial charge in [0.1, 0.15) is 5.75 Å². The Kier molecular flexibility index (Phi) is 5.89. The molecule has 1 aromatic heterocycles. The van der Waals surface area contributed by atoms with Crippen LogP contribution in [-0.2, 0) is 5.41 Å². The topological polar surface area (TPSA) is 85.5 Å². The molecule has 0 aliphatic heterocycles. The Morgan fingerprint density at radius 2 is 1.90 bits per heavy atom. The number of benzene rings is 2. The number of nitrogens with zero attached hydrogens (tertiary/aromatic N) is 2. The molecule has 0 saturated carbocycles. The van der Waals surface area contributed by atoms with Gasteiger partial charge in [0.15, 0.2) is 0 Å². The van der Waals surface area contributed by atoms with Crippen LogP contribution in [0.5, 0.6) is 5.75 Å². The predicted octanol–water partition coefficient (Wildman–Crippen LogP) is 5.89. The molecule has 31 heavy (non-hydrogen) atoms. The summed E-state index contributed by atoms with van der Waals surface area (Å²) in [6, 6.07) is 12.5. The molecule has 0 amide bonds. The summed E-state index contributed by atoms with van der Waals surface area (Å²) in [7, 11) is 0. The van der Waals surface area contributed by atoms with Crippen LogP contribution in [0.2, 0.25) is 0 Å². The first-order valence-corrected chi connectivity index (χ1v) is 10.7. The molecule has 0 saturated heterocycles. The normalized spacial score (nSPS) is 18.1. The van der Waals surface area contributed by atoms with Gasteiger partial charge in [0.05, 0.1) is 12.2 Å². The van der Waals surface area contributed by atoms with Crippen LogP contribution >= 0.6 is 0 Å². The van der Waals surface area contributed by atoms with Crippen LogP contribution < -0.4 is 4.74 Å². The van der Waals surface area contributed by atoms with E-state index in [9.17, 15) is 4.79 Å². The molecule has 6 heteroatoms. The van der Waals surface area contributed by atoms with Crippen molar-refractivity contribution >= 4 is 5.97 Å². The zero-order valence-corrected chi connectivity index (χ0v) is 17.8. The van der Waals surface area contributed by atoms with Crippen molar-refractivity contribution in [3.05, 3.63) is 65.7 Å². The zero-order chi connectivity index (χ0) is 21.8. The van der Waals surface area contributed by atoms with Gasteiger partial charge in [0.25, 0.3) is 5.89 Å². The Bertz CT molecular complexity index is 1100. The SMILES string of the molecule is CCOc1ccc(-c2noc(-c3ccc(C(=O)O)cc3)n2)cc1C1(CC)CC=CCC1. The van der Waals surface area contributed by atoms with Gasteiger partial charge in [-0.1, -0.05) is 24.2 Å². The largest absolute Gasteiger partial charge is 0.494 e. The lowest BCUT2D eigenvalue weighted by Gasteiger charge is -2.36. The van der Waals surface area contributed by atoms with Crippen molar-refractivity contribution in [2.24, 2.45) is 0 Å². The lowest BCUT2D eigenvalue weighted by atomic mass is 9.69. The van der Waals surface area contributed by atoms with E-state index in [1.165, 1.54) is 17.7 Å².